The number of piperazine rings is 1. The number of rotatable bonds is 1. The van der Waals surface area contributed by atoms with Crippen LogP contribution in [0.3, 0.4) is 0 Å². The molecule has 1 rings (SSSR count). The summed E-state index contributed by atoms with van der Waals surface area (Å²) < 4.78 is 24.1. The van der Waals surface area contributed by atoms with Crippen molar-refractivity contribution in [2.45, 2.75) is 38.5 Å². The van der Waals surface area contributed by atoms with Crippen LogP contribution >= 0.6 is 0 Å². The Morgan fingerprint density at radius 3 is 2.25 bits per heavy atom. The van der Waals surface area contributed by atoms with Crippen LogP contribution in [0.15, 0.2) is 0 Å². The van der Waals surface area contributed by atoms with Crippen molar-refractivity contribution in [2.75, 3.05) is 6.54 Å². The van der Waals surface area contributed by atoms with Gasteiger partial charge in [-0.2, -0.15) is 4.31 Å². The second kappa shape index (κ2) is 3.81. The molecule has 16 heavy (non-hydrogen) atoms. The minimum Gasteiger partial charge on any atom is -0.294 e. The molecule has 0 radical (unpaired) electrons. The summed E-state index contributed by atoms with van der Waals surface area (Å²) in [6.45, 7) is 5.77. The fourth-order valence-corrected chi connectivity index (χ4v) is 2.84. The molecule has 1 aliphatic rings. The SMILES string of the molecule is CC1C(=O)NC(=O)CN1S(=O)(=O)C(C)(C)C. The highest BCUT2D eigenvalue weighted by Crippen LogP contribution is 2.23. The maximum absolute atomic E-state index is 12.1. The van der Waals surface area contributed by atoms with Crippen LogP contribution in [0.2, 0.25) is 0 Å². The molecule has 1 unspecified atom stereocenters. The van der Waals surface area contributed by atoms with Crippen LogP contribution in [0.5, 0.6) is 0 Å². The predicted molar refractivity (Wildman–Crippen MR) is 58.0 cm³/mol. The van der Waals surface area contributed by atoms with Gasteiger partial charge in [0.05, 0.1) is 11.3 Å². The second-order valence-electron chi connectivity index (χ2n) is 4.75. The summed E-state index contributed by atoms with van der Waals surface area (Å²) in [6.07, 6.45) is 0. The first-order valence-electron chi connectivity index (χ1n) is 4.92. The number of hydrogen-bond acceptors (Lipinski definition) is 4. The van der Waals surface area contributed by atoms with Gasteiger partial charge in [-0.1, -0.05) is 0 Å². The molecule has 7 heteroatoms. The Hall–Kier alpha value is -0.950. The summed E-state index contributed by atoms with van der Waals surface area (Å²) in [7, 11) is -3.66. The molecule has 1 saturated heterocycles. The van der Waals surface area contributed by atoms with Gasteiger partial charge in [0.15, 0.2) is 0 Å². The number of amides is 2. The lowest BCUT2D eigenvalue weighted by Crippen LogP contribution is -2.61. The fraction of sp³-hybridized carbons (Fsp3) is 0.778. The molecule has 0 aromatic heterocycles. The van der Waals surface area contributed by atoms with Crippen LogP contribution in [0.25, 0.3) is 0 Å². The second-order valence-corrected chi connectivity index (χ2v) is 7.39. The van der Waals surface area contributed by atoms with Crippen molar-refractivity contribution in [1.82, 2.24) is 9.62 Å². The molecule has 1 aliphatic heterocycles. The van der Waals surface area contributed by atoms with E-state index in [9.17, 15) is 18.0 Å². The number of nitrogens with zero attached hydrogens (tertiary/aromatic N) is 1. The van der Waals surface area contributed by atoms with Crippen LogP contribution in [0.4, 0.5) is 0 Å². The van der Waals surface area contributed by atoms with E-state index in [0.717, 1.165) is 4.31 Å². The van der Waals surface area contributed by atoms with E-state index in [4.69, 9.17) is 0 Å². The fourth-order valence-electron chi connectivity index (χ4n) is 1.34. The molecule has 1 N–H and O–H groups in total. The van der Waals surface area contributed by atoms with Gasteiger partial charge in [-0.25, -0.2) is 8.42 Å². The molecule has 1 atom stereocenters. The quantitative estimate of drug-likeness (QED) is 0.632. The normalized spacial score (nSPS) is 24.4. The van der Waals surface area contributed by atoms with E-state index in [1.165, 1.54) is 27.7 Å². The van der Waals surface area contributed by atoms with Crippen molar-refractivity contribution >= 4 is 21.8 Å². The standard InChI is InChI=1S/C9H16N2O4S/c1-6-8(13)10-7(12)5-11(6)16(14,15)9(2,3)4/h6H,5H2,1-4H3,(H,10,12,13). The maximum atomic E-state index is 12.1. The molecule has 92 valence electrons. The number of nitrogens with one attached hydrogen (secondary N) is 1. The molecule has 0 aliphatic carbocycles. The van der Waals surface area contributed by atoms with Gasteiger partial charge in [0.25, 0.3) is 0 Å². The van der Waals surface area contributed by atoms with E-state index in [1.807, 2.05) is 0 Å². The molecule has 0 saturated carbocycles. The molecular formula is C9H16N2O4S. The number of sulfonamides is 1. The van der Waals surface area contributed by atoms with Gasteiger partial charge in [0.2, 0.25) is 21.8 Å². The van der Waals surface area contributed by atoms with Gasteiger partial charge < -0.3 is 0 Å². The molecule has 1 heterocycles. The Kier molecular flexibility index (Phi) is 3.13. The van der Waals surface area contributed by atoms with Crippen LogP contribution in [0, 0.1) is 0 Å². The zero-order valence-electron chi connectivity index (χ0n) is 9.77. The third-order valence-electron chi connectivity index (χ3n) is 2.46. The highest BCUT2D eigenvalue weighted by Gasteiger charge is 2.43. The van der Waals surface area contributed by atoms with Crippen LogP contribution in [-0.2, 0) is 19.6 Å². The predicted octanol–water partition coefficient (Wildman–Crippen LogP) is -0.538. The van der Waals surface area contributed by atoms with Crippen molar-refractivity contribution in [3.8, 4) is 0 Å². The summed E-state index contributed by atoms with van der Waals surface area (Å²) in [5, 5.41) is 2.10. The van der Waals surface area contributed by atoms with Gasteiger partial charge in [-0.3, -0.25) is 14.9 Å². The monoisotopic (exact) mass is 248 g/mol. The molecule has 0 spiro atoms. The van der Waals surface area contributed by atoms with E-state index in [0.29, 0.717) is 0 Å². The molecule has 0 aromatic carbocycles. The zero-order valence-corrected chi connectivity index (χ0v) is 10.6. The third kappa shape index (κ3) is 2.10. The topological polar surface area (TPSA) is 83.6 Å². The van der Waals surface area contributed by atoms with Crippen molar-refractivity contribution in [3.63, 3.8) is 0 Å². The average Bonchev–Trinajstić information content (AvgIpc) is 2.09. The summed E-state index contributed by atoms with van der Waals surface area (Å²) in [5.74, 6) is -1.17. The van der Waals surface area contributed by atoms with Gasteiger partial charge in [-0.05, 0) is 27.7 Å². The lowest BCUT2D eigenvalue weighted by atomic mass is 10.2. The summed E-state index contributed by atoms with van der Waals surface area (Å²) in [6, 6.07) is -0.845. The van der Waals surface area contributed by atoms with Crippen molar-refractivity contribution in [2.24, 2.45) is 0 Å². The molecular weight excluding hydrogens is 232 g/mol. The van der Waals surface area contributed by atoms with Gasteiger partial charge in [0.1, 0.15) is 6.04 Å². The van der Waals surface area contributed by atoms with E-state index >= 15 is 0 Å². The highest BCUT2D eigenvalue weighted by atomic mass is 32.2. The van der Waals surface area contributed by atoms with Crippen LogP contribution in [-0.4, -0.2) is 41.9 Å². The first kappa shape index (κ1) is 13.1. The minimum atomic E-state index is -3.66. The molecule has 1 fully saturated rings. The number of carbonyl (C=O) groups excluding carboxylic acids is 2. The van der Waals surface area contributed by atoms with Crippen LogP contribution < -0.4 is 5.32 Å². The lowest BCUT2D eigenvalue weighted by molar-refractivity contribution is -0.136. The highest BCUT2D eigenvalue weighted by molar-refractivity contribution is 7.90. The Bertz CT molecular complexity index is 421. The smallest absolute Gasteiger partial charge is 0.244 e. The number of imide groups is 1. The number of carbonyl (C=O) groups is 2. The molecule has 6 nitrogen and oxygen atoms in total. The van der Waals surface area contributed by atoms with Gasteiger partial charge in [0, 0.05) is 0 Å². The lowest BCUT2D eigenvalue weighted by Gasteiger charge is -2.35. The first-order valence-corrected chi connectivity index (χ1v) is 6.36. The summed E-state index contributed by atoms with van der Waals surface area (Å²) in [4.78, 5) is 22.5. The third-order valence-corrected chi connectivity index (χ3v) is 5.07. The van der Waals surface area contributed by atoms with E-state index in [2.05, 4.69) is 5.32 Å². The maximum Gasteiger partial charge on any atom is 0.244 e. The average molecular weight is 248 g/mol. The Labute approximate surface area is 95.0 Å². The Balaban J connectivity index is 3.13. The first-order chi connectivity index (χ1) is 7.07. The van der Waals surface area contributed by atoms with E-state index < -0.39 is 32.6 Å². The number of hydrogen-bond donors (Lipinski definition) is 1. The largest absolute Gasteiger partial charge is 0.294 e. The Morgan fingerprint density at radius 1 is 1.31 bits per heavy atom. The molecule has 0 aromatic rings. The molecule has 2 amide bonds. The summed E-state index contributed by atoms with van der Waals surface area (Å²) in [5.41, 5.74) is 0. The van der Waals surface area contributed by atoms with E-state index in [1.54, 1.807) is 0 Å². The minimum absolute atomic E-state index is 0.299. The van der Waals surface area contributed by atoms with Crippen molar-refractivity contribution in [1.29, 1.82) is 0 Å². The van der Waals surface area contributed by atoms with Crippen molar-refractivity contribution < 1.29 is 18.0 Å². The van der Waals surface area contributed by atoms with Gasteiger partial charge >= 0.3 is 0 Å². The van der Waals surface area contributed by atoms with Crippen LogP contribution in [0.1, 0.15) is 27.7 Å². The zero-order chi connectivity index (χ0) is 12.7. The van der Waals surface area contributed by atoms with E-state index in [-0.39, 0.29) is 6.54 Å². The van der Waals surface area contributed by atoms with Crippen molar-refractivity contribution in [3.05, 3.63) is 0 Å². The molecule has 0 bridgehead atoms. The Morgan fingerprint density at radius 2 is 1.81 bits per heavy atom. The summed E-state index contributed by atoms with van der Waals surface area (Å²) >= 11 is 0. The van der Waals surface area contributed by atoms with Gasteiger partial charge in [-0.15, -0.1) is 0 Å².